The molecule has 3 aromatic rings. The molecule has 4 heteroatoms. The molecule has 3 N–H and O–H groups in total. The molecule has 2 heterocycles. The molecule has 1 atom stereocenters. The number of hydrogen-bond acceptors (Lipinski definition) is 4. The smallest absolute Gasteiger partial charge is 0.129 e. The summed E-state index contributed by atoms with van der Waals surface area (Å²) in [6, 6.07) is 9.85. The maximum Gasteiger partial charge on any atom is 0.129 e. The fourth-order valence-corrected chi connectivity index (χ4v) is 2.39. The Morgan fingerprint density at radius 2 is 2.16 bits per heavy atom. The van der Waals surface area contributed by atoms with Gasteiger partial charge in [-0.05, 0) is 35.6 Å². The molecule has 0 fully saturated rings. The molecule has 0 saturated carbocycles. The third kappa shape index (κ3) is 2.01. The van der Waals surface area contributed by atoms with Crippen LogP contribution in [0.2, 0.25) is 0 Å². The number of pyridine rings is 1. The molecule has 0 aliphatic heterocycles. The van der Waals surface area contributed by atoms with Crippen LogP contribution in [0.25, 0.3) is 10.8 Å². The van der Waals surface area contributed by atoms with Gasteiger partial charge in [-0.1, -0.05) is 18.2 Å². The summed E-state index contributed by atoms with van der Waals surface area (Å²) in [4.78, 5) is 4.14. The molecule has 1 unspecified atom stereocenters. The van der Waals surface area contributed by atoms with Gasteiger partial charge >= 0.3 is 0 Å². The normalized spacial score (nSPS) is 12.7. The van der Waals surface area contributed by atoms with Gasteiger partial charge in [0.1, 0.15) is 11.8 Å². The van der Waals surface area contributed by atoms with Crippen LogP contribution in [0.3, 0.4) is 0 Å². The highest BCUT2D eigenvalue weighted by Gasteiger charge is 2.19. The van der Waals surface area contributed by atoms with Crippen molar-refractivity contribution in [1.29, 1.82) is 0 Å². The van der Waals surface area contributed by atoms with Gasteiger partial charge in [0, 0.05) is 17.8 Å². The molecule has 2 aromatic heterocycles. The average molecular weight is 253 g/mol. The van der Waals surface area contributed by atoms with Gasteiger partial charge in [-0.25, -0.2) is 5.43 Å². The van der Waals surface area contributed by atoms with Gasteiger partial charge in [-0.3, -0.25) is 10.8 Å². The van der Waals surface area contributed by atoms with Crippen molar-refractivity contribution in [2.75, 3.05) is 0 Å². The fourth-order valence-electron chi connectivity index (χ4n) is 2.39. The van der Waals surface area contributed by atoms with Crippen LogP contribution in [-0.4, -0.2) is 4.98 Å². The van der Waals surface area contributed by atoms with Gasteiger partial charge in [0.25, 0.3) is 0 Å². The number of furan rings is 1. The second-order valence-electron chi connectivity index (χ2n) is 4.51. The summed E-state index contributed by atoms with van der Waals surface area (Å²) in [6.07, 6.45) is 5.32. The Labute approximate surface area is 111 Å². The molecule has 1 aromatic carbocycles. The number of nitrogens with one attached hydrogen (secondary N) is 1. The van der Waals surface area contributed by atoms with Crippen LogP contribution in [0.5, 0.6) is 0 Å². The lowest BCUT2D eigenvalue weighted by Crippen LogP contribution is -2.29. The monoisotopic (exact) mass is 253 g/mol. The Morgan fingerprint density at radius 3 is 2.89 bits per heavy atom. The highest BCUT2D eigenvalue weighted by atomic mass is 16.3. The first kappa shape index (κ1) is 11.9. The number of aryl methyl sites for hydroxylation is 1. The number of hydrogen-bond donors (Lipinski definition) is 2. The maximum absolute atomic E-state index is 5.73. The van der Waals surface area contributed by atoms with E-state index in [1.54, 1.807) is 12.5 Å². The predicted octanol–water partition coefficient (Wildman–Crippen LogP) is 2.69. The zero-order chi connectivity index (χ0) is 13.2. The van der Waals surface area contributed by atoms with Crippen LogP contribution in [0.4, 0.5) is 0 Å². The Bertz CT molecular complexity index is 700. The number of benzene rings is 1. The topological polar surface area (TPSA) is 64.1 Å². The molecule has 4 nitrogen and oxygen atoms in total. The van der Waals surface area contributed by atoms with E-state index in [2.05, 4.69) is 16.5 Å². The van der Waals surface area contributed by atoms with Crippen molar-refractivity contribution < 1.29 is 4.42 Å². The number of aromatic nitrogens is 1. The van der Waals surface area contributed by atoms with Crippen LogP contribution in [-0.2, 0) is 0 Å². The molecule has 0 aliphatic rings. The van der Waals surface area contributed by atoms with E-state index in [1.165, 1.54) is 0 Å². The fraction of sp³-hybridized carbons (Fsp3) is 0.133. The van der Waals surface area contributed by atoms with Crippen LogP contribution >= 0.6 is 0 Å². The zero-order valence-electron chi connectivity index (χ0n) is 10.6. The molecular weight excluding hydrogens is 238 g/mol. The Hall–Kier alpha value is -2.17. The molecule has 0 amide bonds. The second-order valence-corrected chi connectivity index (χ2v) is 4.51. The first-order chi connectivity index (χ1) is 9.31. The highest BCUT2D eigenvalue weighted by Crippen LogP contribution is 2.30. The van der Waals surface area contributed by atoms with Gasteiger partial charge in [-0.15, -0.1) is 0 Å². The van der Waals surface area contributed by atoms with Crippen LogP contribution in [0.1, 0.15) is 22.9 Å². The molecule has 0 radical (unpaired) electrons. The first-order valence-corrected chi connectivity index (χ1v) is 6.14. The summed E-state index contributed by atoms with van der Waals surface area (Å²) in [5.74, 6) is 6.57. The van der Waals surface area contributed by atoms with Crippen LogP contribution < -0.4 is 11.3 Å². The van der Waals surface area contributed by atoms with E-state index in [1.807, 2.05) is 37.4 Å². The maximum atomic E-state index is 5.73. The van der Waals surface area contributed by atoms with Crippen LogP contribution in [0, 0.1) is 6.92 Å². The number of nitrogens with two attached hydrogens (primary N) is 1. The van der Waals surface area contributed by atoms with E-state index in [4.69, 9.17) is 10.3 Å². The summed E-state index contributed by atoms with van der Waals surface area (Å²) < 4.78 is 5.56. The van der Waals surface area contributed by atoms with Crippen LogP contribution in [0.15, 0.2) is 53.4 Å². The van der Waals surface area contributed by atoms with Crippen molar-refractivity contribution in [2.24, 2.45) is 5.84 Å². The molecule has 3 rings (SSSR count). The van der Waals surface area contributed by atoms with Crippen molar-refractivity contribution in [1.82, 2.24) is 10.4 Å². The Balaban J connectivity index is 2.20. The van der Waals surface area contributed by atoms with Gasteiger partial charge in [0.05, 0.1) is 6.26 Å². The zero-order valence-corrected chi connectivity index (χ0v) is 10.6. The molecule has 19 heavy (non-hydrogen) atoms. The predicted molar refractivity (Wildman–Crippen MR) is 74.4 cm³/mol. The lowest BCUT2D eigenvalue weighted by molar-refractivity contribution is 0.450. The number of nitrogens with zero attached hydrogens (tertiary/aromatic N) is 1. The summed E-state index contributed by atoms with van der Waals surface area (Å²) in [6.45, 7) is 2.01. The molecule has 96 valence electrons. The molecule has 0 spiro atoms. The SMILES string of the molecule is Cc1ccoc1C(NN)c1cccc2cnccc12. The summed E-state index contributed by atoms with van der Waals surface area (Å²) in [5, 5.41) is 2.21. The third-order valence-corrected chi connectivity index (χ3v) is 3.36. The number of hydrazine groups is 1. The molecular formula is C15H15N3O. The lowest BCUT2D eigenvalue weighted by Gasteiger charge is -2.17. The highest BCUT2D eigenvalue weighted by molar-refractivity contribution is 5.85. The van der Waals surface area contributed by atoms with E-state index in [0.717, 1.165) is 27.7 Å². The molecule has 0 bridgehead atoms. The molecule has 0 saturated heterocycles. The van der Waals surface area contributed by atoms with E-state index in [9.17, 15) is 0 Å². The van der Waals surface area contributed by atoms with E-state index < -0.39 is 0 Å². The summed E-state index contributed by atoms with van der Waals surface area (Å²) in [5.41, 5.74) is 5.00. The van der Waals surface area contributed by atoms with E-state index >= 15 is 0 Å². The quantitative estimate of drug-likeness (QED) is 0.556. The second kappa shape index (κ2) is 4.84. The van der Waals surface area contributed by atoms with E-state index in [0.29, 0.717) is 0 Å². The summed E-state index contributed by atoms with van der Waals surface area (Å²) >= 11 is 0. The van der Waals surface area contributed by atoms with Gasteiger partial charge in [0.2, 0.25) is 0 Å². The summed E-state index contributed by atoms with van der Waals surface area (Å²) in [7, 11) is 0. The average Bonchev–Trinajstić information content (AvgIpc) is 2.86. The minimum absolute atomic E-state index is 0.166. The molecule has 0 aliphatic carbocycles. The Kier molecular flexibility index (Phi) is 3.03. The van der Waals surface area contributed by atoms with Crippen molar-refractivity contribution in [3.63, 3.8) is 0 Å². The van der Waals surface area contributed by atoms with Gasteiger partial charge < -0.3 is 4.42 Å². The van der Waals surface area contributed by atoms with Crippen molar-refractivity contribution >= 4 is 10.8 Å². The van der Waals surface area contributed by atoms with Crippen molar-refractivity contribution in [3.8, 4) is 0 Å². The third-order valence-electron chi connectivity index (χ3n) is 3.36. The number of rotatable bonds is 3. The largest absolute Gasteiger partial charge is 0.467 e. The van der Waals surface area contributed by atoms with E-state index in [-0.39, 0.29) is 6.04 Å². The minimum atomic E-state index is -0.166. The standard InChI is InChI=1S/C15H15N3O/c1-10-6-8-19-15(10)14(18-16)13-4-2-3-11-9-17-7-5-12(11)13/h2-9,14,18H,16H2,1H3. The lowest BCUT2D eigenvalue weighted by atomic mass is 9.97. The van der Waals surface area contributed by atoms with Gasteiger partial charge in [-0.2, -0.15) is 0 Å². The van der Waals surface area contributed by atoms with Gasteiger partial charge in [0.15, 0.2) is 0 Å². The van der Waals surface area contributed by atoms with Crippen molar-refractivity contribution in [3.05, 3.63) is 65.9 Å². The Morgan fingerprint density at radius 1 is 1.26 bits per heavy atom. The number of fused-ring (bicyclic) bond motifs is 1. The van der Waals surface area contributed by atoms with Crippen molar-refractivity contribution in [2.45, 2.75) is 13.0 Å². The minimum Gasteiger partial charge on any atom is -0.467 e. The first-order valence-electron chi connectivity index (χ1n) is 6.14.